The summed E-state index contributed by atoms with van der Waals surface area (Å²) in [6, 6.07) is 16.4. The van der Waals surface area contributed by atoms with Crippen molar-refractivity contribution >= 4 is 11.4 Å². The van der Waals surface area contributed by atoms with Crippen LogP contribution in [0.1, 0.15) is 11.1 Å². The Balaban J connectivity index is 1.72. The van der Waals surface area contributed by atoms with Gasteiger partial charge in [-0.3, -0.25) is 0 Å². The maximum absolute atomic E-state index is 6.05. The van der Waals surface area contributed by atoms with E-state index in [1.54, 1.807) is 6.20 Å². The molecule has 3 aromatic rings. The minimum Gasteiger partial charge on any atom is -0.397 e. The molecule has 1 heterocycles. The smallest absolute Gasteiger partial charge is 0.0949 e. The molecule has 2 aromatic carbocycles. The Morgan fingerprint density at radius 1 is 1.05 bits per heavy atom. The highest BCUT2D eigenvalue weighted by molar-refractivity contribution is 5.67. The molecule has 21 heavy (non-hydrogen) atoms. The summed E-state index contributed by atoms with van der Waals surface area (Å²) in [6.45, 7) is 1.56. The average Bonchev–Trinajstić information content (AvgIpc) is 3.02. The van der Waals surface area contributed by atoms with Crippen LogP contribution in [0.25, 0.3) is 0 Å². The summed E-state index contributed by atoms with van der Waals surface area (Å²) in [6.07, 6.45) is 5.55. The van der Waals surface area contributed by atoms with Crippen molar-refractivity contribution < 1.29 is 0 Å². The van der Waals surface area contributed by atoms with Crippen LogP contribution in [0, 0.1) is 0 Å². The second kappa shape index (κ2) is 6.13. The van der Waals surface area contributed by atoms with Crippen molar-refractivity contribution in [3.63, 3.8) is 0 Å². The van der Waals surface area contributed by atoms with Crippen molar-refractivity contribution in [2.45, 2.75) is 13.1 Å². The summed E-state index contributed by atoms with van der Waals surface area (Å²) in [7, 11) is 0. The molecule has 0 unspecified atom stereocenters. The predicted molar refractivity (Wildman–Crippen MR) is 86.0 cm³/mol. The first kappa shape index (κ1) is 13.2. The van der Waals surface area contributed by atoms with Gasteiger partial charge in [0.05, 0.1) is 17.7 Å². The lowest BCUT2D eigenvalue weighted by molar-refractivity contribution is 0.797. The fourth-order valence-electron chi connectivity index (χ4n) is 2.24. The van der Waals surface area contributed by atoms with Gasteiger partial charge in [-0.05, 0) is 23.3 Å². The number of nitrogen functional groups attached to an aromatic ring is 1. The number of hydrogen-bond acceptors (Lipinski definition) is 3. The normalized spacial score (nSPS) is 10.5. The molecular weight excluding hydrogens is 260 g/mol. The largest absolute Gasteiger partial charge is 0.397 e. The summed E-state index contributed by atoms with van der Waals surface area (Å²) in [5.74, 6) is 0. The first-order valence-corrected chi connectivity index (χ1v) is 6.93. The lowest BCUT2D eigenvalue weighted by Crippen LogP contribution is -2.04. The van der Waals surface area contributed by atoms with Gasteiger partial charge in [-0.2, -0.15) is 0 Å². The van der Waals surface area contributed by atoms with Gasteiger partial charge in [0.1, 0.15) is 0 Å². The van der Waals surface area contributed by atoms with Crippen LogP contribution in [0.4, 0.5) is 11.4 Å². The third kappa shape index (κ3) is 3.42. The van der Waals surface area contributed by atoms with E-state index in [0.717, 1.165) is 24.5 Å². The Bertz CT molecular complexity index is 690. The predicted octanol–water partition coefficient (Wildman–Crippen LogP) is 3.13. The third-order valence-electron chi connectivity index (χ3n) is 3.37. The molecule has 0 radical (unpaired) electrons. The number of rotatable bonds is 5. The zero-order valence-corrected chi connectivity index (χ0v) is 11.7. The molecule has 1 aromatic heterocycles. The van der Waals surface area contributed by atoms with Gasteiger partial charge in [0.2, 0.25) is 0 Å². The zero-order chi connectivity index (χ0) is 14.5. The second-order valence-electron chi connectivity index (χ2n) is 5.00. The van der Waals surface area contributed by atoms with Crippen LogP contribution >= 0.6 is 0 Å². The van der Waals surface area contributed by atoms with Crippen molar-refractivity contribution in [1.29, 1.82) is 0 Å². The highest BCUT2D eigenvalue weighted by Gasteiger charge is 2.02. The Labute approximate surface area is 124 Å². The molecule has 0 saturated carbocycles. The Kier molecular flexibility index (Phi) is 3.87. The van der Waals surface area contributed by atoms with E-state index >= 15 is 0 Å². The van der Waals surface area contributed by atoms with E-state index in [4.69, 9.17) is 5.73 Å². The number of aromatic nitrogens is 2. The maximum Gasteiger partial charge on any atom is 0.0949 e. The van der Waals surface area contributed by atoms with Crippen molar-refractivity contribution in [3.05, 3.63) is 78.4 Å². The lowest BCUT2D eigenvalue weighted by atomic mass is 10.1. The molecule has 0 fully saturated rings. The number of hydrogen-bond donors (Lipinski definition) is 2. The van der Waals surface area contributed by atoms with Crippen LogP contribution in [0.5, 0.6) is 0 Å². The van der Waals surface area contributed by atoms with E-state index in [2.05, 4.69) is 28.5 Å². The molecule has 0 aliphatic rings. The standard InChI is InChI=1S/C17H18N4/c18-16-7-6-15(12-21-9-8-19-13-21)10-17(16)20-11-14-4-2-1-3-5-14/h1-10,13,20H,11-12,18H2. The van der Waals surface area contributed by atoms with Crippen LogP contribution in [0.2, 0.25) is 0 Å². The summed E-state index contributed by atoms with van der Waals surface area (Å²) in [5, 5.41) is 3.40. The van der Waals surface area contributed by atoms with E-state index in [0.29, 0.717) is 0 Å². The van der Waals surface area contributed by atoms with Crippen LogP contribution in [-0.2, 0) is 13.1 Å². The number of anilines is 2. The summed E-state index contributed by atoms with van der Waals surface area (Å²) >= 11 is 0. The highest BCUT2D eigenvalue weighted by Crippen LogP contribution is 2.21. The van der Waals surface area contributed by atoms with E-state index in [-0.39, 0.29) is 0 Å². The minimum atomic E-state index is 0.763. The Hall–Kier alpha value is -2.75. The Morgan fingerprint density at radius 3 is 2.67 bits per heavy atom. The zero-order valence-electron chi connectivity index (χ0n) is 11.7. The fourth-order valence-corrected chi connectivity index (χ4v) is 2.24. The number of nitrogens with one attached hydrogen (secondary N) is 1. The molecule has 4 heteroatoms. The summed E-state index contributed by atoms with van der Waals surface area (Å²) < 4.78 is 2.03. The topological polar surface area (TPSA) is 55.9 Å². The van der Waals surface area contributed by atoms with Gasteiger partial charge in [-0.1, -0.05) is 36.4 Å². The van der Waals surface area contributed by atoms with Crippen LogP contribution in [-0.4, -0.2) is 9.55 Å². The van der Waals surface area contributed by atoms with Crippen LogP contribution in [0.3, 0.4) is 0 Å². The van der Waals surface area contributed by atoms with Gasteiger partial charge >= 0.3 is 0 Å². The van der Waals surface area contributed by atoms with E-state index in [1.165, 1.54) is 11.1 Å². The molecule has 0 amide bonds. The molecule has 3 rings (SSSR count). The molecule has 4 nitrogen and oxygen atoms in total. The van der Waals surface area contributed by atoms with Crippen molar-refractivity contribution in [1.82, 2.24) is 9.55 Å². The van der Waals surface area contributed by atoms with Gasteiger partial charge in [0, 0.05) is 25.5 Å². The highest BCUT2D eigenvalue weighted by atomic mass is 15.0. The van der Waals surface area contributed by atoms with Gasteiger partial charge in [-0.15, -0.1) is 0 Å². The number of nitrogens with zero attached hydrogens (tertiary/aromatic N) is 2. The third-order valence-corrected chi connectivity index (χ3v) is 3.37. The second-order valence-corrected chi connectivity index (χ2v) is 5.00. The quantitative estimate of drug-likeness (QED) is 0.705. The molecule has 0 bridgehead atoms. The van der Waals surface area contributed by atoms with Crippen molar-refractivity contribution in [2.75, 3.05) is 11.1 Å². The number of nitrogens with two attached hydrogens (primary N) is 1. The van der Waals surface area contributed by atoms with Crippen LogP contribution < -0.4 is 11.1 Å². The van der Waals surface area contributed by atoms with E-state index in [1.807, 2.05) is 47.4 Å². The SMILES string of the molecule is Nc1ccc(Cn2ccnc2)cc1NCc1ccccc1. The summed E-state index contributed by atoms with van der Waals surface area (Å²) in [5.41, 5.74) is 10.2. The summed E-state index contributed by atoms with van der Waals surface area (Å²) in [4.78, 5) is 4.06. The van der Waals surface area contributed by atoms with Gasteiger partial charge in [0.15, 0.2) is 0 Å². The monoisotopic (exact) mass is 278 g/mol. The average molecular weight is 278 g/mol. The number of benzene rings is 2. The minimum absolute atomic E-state index is 0.763. The van der Waals surface area contributed by atoms with Gasteiger partial charge < -0.3 is 15.6 Å². The molecule has 0 saturated heterocycles. The van der Waals surface area contributed by atoms with Crippen molar-refractivity contribution in [2.24, 2.45) is 0 Å². The molecule has 0 aliphatic heterocycles. The van der Waals surface area contributed by atoms with Gasteiger partial charge in [-0.25, -0.2) is 4.98 Å². The Morgan fingerprint density at radius 2 is 1.90 bits per heavy atom. The molecule has 0 aliphatic carbocycles. The molecule has 0 spiro atoms. The lowest BCUT2D eigenvalue weighted by Gasteiger charge is -2.12. The molecule has 106 valence electrons. The van der Waals surface area contributed by atoms with Crippen molar-refractivity contribution in [3.8, 4) is 0 Å². The first-order valence-electron chi connectivity index (χ1n) is 6.93. The molecule has 0 atom stereocenters. The number of imidazole rings is 1. The van der Waals surface area contributed by atoms with Gasteiger partial charge in [0.25, 0.3) is 0 Å². The maximum atomic E-state index is 6.05. The van der Waals surface area contributed by atoms with Crippen LogP contribution in [0.15, 0.2) is 67.3 Å². The molecular formula is C17H18N4. The van der Waals surface area contributed by atoms with E-state index < -0.39 is 0 Å². The first-order chi connectivity index (χ1) is 10.3. The van der Waals surface area contributed by atoms with E-state index in [9.17, 15) is 0 Å². The molecule has 3 N–H and O–H groups in total. The fraction of sp³-hybridized carbons (Fsp3) is 0.118.